The van der Waals surface area contributed by atoms with Crippen molar-refractivity contribution >= 4 is 21.5 Å². The molecule has 4 heteroatoms. The first-order valence-electron chi connectivity index (χ1n) is 13.0. The molecule has 4 nitrogen and oxygen atoms in total. The molecule has 2 aromatic heterocycles. The van der Waals surface area contributed by atoms with Crippen LogP contribution in [0.3, 0.4) is 0 Å². The molecule has 7 rings (SSSR count). The lowest BCUT2D eigenvalue weighted by atomic mass is 10.0. The second-order valence-electron chi connectivity index (χ2n) is 9.60. The van der Waals surface area contributed by atoms with Gasteiger partial charge in [0.15, 0.2) is 17.5 Å². The van der Waals surface area contributed by atoms with Gasteiger partial charge < -0.3 is 0 Å². The molecular formula is C35H24N4. The Morgan fingerprint density at radius 2 is 0.923 bits per heavy atom. The summed E-state index contributed by atoms with van der Waals surface area (Å²) in [5.41, 5.74) is 5.81. The lowest BCUT2D eigenvalue weighted by Crippen LogP contribution is -2.01. The van der Waals surface area contributed by atoms with Crippen LogP contribution in [0.5, 0.6) is 0 Å². The van der Waals surface area contributed by atoms with Crippen molar-refractivity contribution in [2.75, 3.05) is 0 Å². The van der Waals surface area contributed by atoms with Gasteiger partial charge in [0, 0.05) is 27.9 Å². The normalized spacial score (nSPS) is 11.2. The van der Waals surface area contributed by atoms with Gasteiger partial charge in [0.05, 0.1) is 5.69 Å². The van der Waals surface area contributed by atoms with Crippen LogP contribution in [-0.2, 0) is 0 Å². The van der Waals surface area contributed by atoms with E-state index in [1.54, 1.807) is 0 Å². The summed E-state index contributed by atoms with van der Waals surface area (Å²) in [4.78, 5) is 19.9. The maximum atomic E-state index is 5.06. The van der Waals surface area contributed by atoms with E-state index in [0.717, 1.165) is 55.2 Å². The summed E-state index contributed by atoms with van der Waals surface area (Å²) in [5, 5.41) is 4.52. The third-order valence-corrected chi connectivity index (χ3v) is 7.00. The van der Waals surface area contributed by atoms with Crippen LogP contribution in [0.4, 0.5) is 0 Å². The van der Waals surface area contributed by atoms with Crippen molar-refractivity contribution in [1.29, 1.82) is 0 Å². The minimum absolute atomic E-state index is 0.630. The van der Waals surface area contributed by atoms with E-state index in [-0.39, 0.29) is 0 Å². The van der Waals surface area contributed by atoms with Crippen LogP contribution >= 0.6 is 0 Å². The van der Waals surface area contributed by atoms with Gasteiger partial charge in [-0.3, -0.25) is 4.98 Å². The minimum atomic E-state index is 0.630. The summed E-state index contributed by atoms with van der Waals surface area (Å²) in [5.74, 6) is 1.93. The van der Waals surface area contributed by atoms with Crippen molar-refractivity contribution in [3.05, 3.63) is 133 Å². The topological polar surface area (TPSA) is 51.6 Å². The number of aryl methyl sites for hydroxylation is 1. The first kappa shape index (κ1) is 22.9. The summed E-state index contributed by atoms with van der Waals surface area (Å²) >= 11 is 0. The maximum Gasteiger partial charge on any atom is 0.164 e. The van der Waals surface area contributed by atoms with Gasteiger partial charge in [0.25, 0.3) is 0 Å². The molecule has 0 amide bonds. The van der Waals surface area contributed by atoms with E-state index in [2.05, 4.69) is 97.1 Å². The summed E-state index contributed by atoms with van der Waals surface area (Å²) in [6.07, 6.45) is 0. The Hall–Kier alpha value is -5.22. The molecule has 0 saturated carbocycles. The van der Waals surface area contributed by atoms with Crippen LogP contribution in [0.15, 0.2) is 127 Å². The highest BCUT2D eigenvalue weighted by molar-refractivity contribution is 5.97. The Bertz CT molecular complexity index is 1890. The van der Waals surface area contributed by atoms with E-state index in [0.29, 0.717) is 17.5 Å². The fourth-order valence-electron chi connectivity index (χ4n) is 5.11. The van der Waals surface area contributed by atoms with E-state index in [1.165, 1.54) is 0 Å². The molecule has 184 valence electrons. The molecule has 7 aromatic rings. The van der Waals surface area contributed by atoms with Crippen molar-refractivity contribution < 1.29 is 0 Å². The second-order valence-corrected chi connectivity index (χ2v) is 9.60. The highest BCUT2D eigenvalue weighted by atomic mass is 15.0. The summed E-state index contributed by atoms with van der Waals surface area (Å²) in [6.45, 7) is 2.01. The fourth-order valence-corrected chi connectivity index (χ4v) is 5.11. The van der Waals surface area contributed by atoms with Crippen molar-refractivity contribution in [1.82, 2.24) is 19.9 Å². The Morgan fingerprint density at radius 1 is 0.410 bits per heavy atom. The third-order valence-electron chi connectivity index (χ3n) is 7.00. The van der Waals surface area contributed by atoms with Crippen molar-refractivity contribution in [2.24, 2.45) is 0 Å². The van der Waals surface area contributed by atoms with E-state index < -0.39 is 0 Å². The molecule has 0 bridgehead atoms. The lowest BCUT2D eigenvalue weighted by Gasteiger charge is -2.12. The van der Waals surface area contributed by atoms with E-state index in [1.807, 2.05) is 37.3 Å². The van der Waals surface area contributed by atoms with Gasteiger partial charge in [0.2, 0.25) is 0 Å². The molecule has 0 radical (unpaired) electrons. The fraction of sp³-hybridized carbons (Fsp3) is 0.0286. The van der Waals surface area contributed by atoms with Gasteiger partial charge in [-0.1, -0.05) is 109 Å². The molecular weight excluding hydrogens is 476 g/mol. The van der Waals surface area contributed by atoms with Crippen LogP contribution in [0.2, 0.25) is 0 Å². The SMILES string of the molecule is Cc1cccc(-c2cccc(-c3nc(-c4cccc5ccccc45)nc(-c4cccc5ccccc45)n3)c2)n1. The van der Waals surface area contributed by atoms with Crippen LogP contribution in [0.25, 0.3) is 67.0 Å². The van der Waals surface area contributed by atoms with Crippen molar-refractivity contribution in [2.45, 2.75) is 6.92 Å². The van der Waals surface area contributed by atoms with E-state index in [4.69, 9.17) is 19.9 Å². The molecule has 0 saturated heterocycles. The zero-order chi connectivity index (χ0) is 26.2. The van der Waals surface area contributed by atoms with E-state index >= 15 is 0 Å². The maximum absolute atomic E-state index is 5.06. The number of rotatable bonds is 4. The predicted octanol–water partition coefficient (Wildman–Crippen LogP) is 8.55. The Kier molecular flexibility index (Phi) is 5.64. The zero-order valence-electron chi connectivity index (χ0n) is 21.4. The van der Waals surface area contributed by atoms with Crippen LogP contribution in [-0.4, -0.2) is 19.9 Å². The third kappa shape index (κ3) is 4.32. The highest BCUT2D eigenvalue weighted by Gasteiger charge is 2.16. The first-order valence-corrected chi connectivity index (χ1v) is 13.0. The number of fused-ring (bicyclic) bond motifs is 2. The van der Waals surface area contributed by atoms with Crippen molar-refractivity contribution in [3.63, 3.8) is 0 Å². The Balaban J connectivity index is 1.47. The van der Waals surface area contributed by atoms with Gasteiger partial charge in [-0.15, -0.1) is 0 Å². The standard InChI is InChI=1S/C35H24N4/c1-23-10-6-21-32(36-23)26-15-7-16-27(22-26)33-37-34(30-19-8-13-24-11-2-4-17-28(24)30)39-35(38-33)31-20-9-14-25-12-3-5-18-29(25)31/h2-22H,1H3. The average molecular weight is 501 g/mol. The molecule has 2 heterocycles. The molecule has 0 unspecified atom stereocenters. The second kappa shape index (κ2) is 9.58. The van der Waals surface area contributed by atoms with Gasteiger partial charge in [0.1, 0.15) is 0 Å². The number of aromatic nitrogens is 4. The van der Waals surface area contributed by atoms with E-state index in [9.17, 15) is 0 Å². The number of hydrogen-bond acceptors (Lipinski definition) is 4. The molecule has 0 aliphatic rings. The molecule has 0 aliphatic heterocycles. The molecule has 0 atom stereocenters. The quantitative estimate of drug-likeness (QED) is 0.243. The summed E-state index contributed by atoms with van der Waals surface area (Å²) in [7, 11) is 0. The van der Waals surface area contributed by atoms with Crippen LogP contribution in [0.1, 0.15) is 5.69 Å². The molecule has 0 aliphatic carbocycles. The summed E-state index contributed by atoms with van der Waals surface area (Å²) in [6, 6.07) is 43.5. The number of hydrogen-bond donors (Lipinski definition) is 0. The van der Waals surface area contributed by atoms with Gasteiger partial charge in [-0.25, -0.2) is 15.0 Å². The molecule has 0 fully saturated rings. The predicted molar refractivity (Wildman–Crippen MR) is 159 cm³/mol. The van der Waals surface area contributed by atoms with Gasteiger partial charge in [-0.05, 0) is 46.7 Å². The minimum Gasteiger partial charge on any atom is -0.253 e. The molecule has 0 spiro atoms. The van der Waals surface area contributed by atoms with Gasteiger partial charge >= 0.3 is 0 Å². The zero-order valence-corrected chi connectivity index (χ0v) is 21.4. The number of nitrogens with zero attached hydrogens (tertiary/aromatic N) is 4. The summed E-state index contributed by atoms with van der Waals surface area (Å²) < 4.78 is 0. The van der Waals surface area contributed by atoms with Crippen molar-refractivity contribution in [3.8, 4) is 45.4 Å². The lowest BCUT2D eigenvalue weighted by molar-refractivity contribution is 1.08. The van der Waals surface area contributed by atoms with Gasteiger partial charge in [-0.2, -0.15) is 0 Å². The first-order chi connectivity index (χ1) is 19.2. The van der Waals surface area contributed by atoms with Crippen LogP contribution < -0.4 is 0 Å². The monoisotopic (exact) mass is 500 g/mol. The highest BCUT2D eigenvalue weighted by Crippen LogP contribution is 2.33. The molecule has 39 heavy (non-hydrogen) atoms. The Morgan fingerprint density at radius 3 is 1.56 bits per heavy atom. The largest absolute Gasteiger partial charge is 0.253 e. The average Bonchev–Trinajstić information content (AvgIpc) is 3.00. The van der Waals surface area contributed by atoms with Crippen LogP contribution in [0, 0.1) is 6.92 Å². The number of benzene rings is 5. The molecule has 0 N–H and O–H groups in total. The molecule has 5 aromatic carbocycles. The number of pyridine rings is 1. The Labute approximate surface area is 226 Å². The smallest absolute Gasteiger partial charge is 0.164 e.